The van der Waals surface area contributed by atoms with Crippen LogP contribution in [-0.4, -0.2) is 22.3 Å². The van der Waals surface area contributed by atoms with Crippen molar-refractivity contribution in [2.24, 2.45) is 0 Å². The summed E-state index contributed by atoms with van der Waals surface area (Å²) in [5.74, 6) is 1.49. The Labute approximate surface area is 160 Å². The molecule has 0 spiro atoms. The third-order valence-electron chi connectivity index (χ3n) is 3.71. The normalized spacial score (nSPS) is 11.4. The zero-order valence-electron chi connectivity index (χ0n) is 15.2. The molecule has 28 heavy (non-hydrogen) atoms. The van der Waals surface area contributed by atoms with Crippen LogP contribution < -0.4 is 10.6 Å². The molecular formula is C20H18F3N3O2. The van der Waals surface area contributed by atoms with Gasteiger partial charge in [0.15, 0.2) is 0 Å². The van der Waals surface area contributed by atoms with Gasteiger partial charge in [-0.2, -0.15) is 13.2 Å². The van der Waals surface area contributed by atoms with Gasteiger partial charge < -0.3 is 10.6 Å². The minimum Gasteiger partial charge on any atom is -0.335 e. The predicted molar refractivity (Wildman–Crippen MR) is 98.4 cm³/mol. The van der Waals surface area contributed by atoms with E-state index in [2.05, 4.69) is 21.5 Å². The van der Waals surface area contributed by atoms with Crippen LogP contribution in [0, 0.1) is 12.3 Å². The largest absolute Gasteiger partial charge is 0.416 e. The summed E-state index contributed by atoms with van der Waals surface area (Å²) < 4.78 is 37.7. The molecule has 1 heterocycles. The van der Waals surface area contributed by atoms with Crippen LogP contribution in [0.5, 0.6) is 0 Å². The Morgan fingerprint density at radius 2 is 1.79 bits per heavy atom. The lowest BCUT2D eigenvalue weighted by molar-refractivity contribution is -0.137. The van der Waals surface area contributed by atoms with Crippen molar-refractivity contribution in [3.63, 3.8) is 0 Å². The number of carbonyl (C=O) groups excluding carboxylic acids is 2. The highest BCUT2D eigenvalue weighted by atomic mass is 19.4. The maximum atomic E-state index is 12.6. The van der Waals surface area contributed by atoms with Gasteiger partial charge in [0.1, 0.15) is 5.69 Å². The molecule has 8 heteroatoms. The highest BCUT2D eigenvalue weighted by Gasteiger charge is 2.30. The maximum Gasteiger partial charge on any atom is 0.416 e. The molecule has 1 aromatic heterocycles. The highest BCUT2D eigenvalue weighted by Crippen LogP contribution is 2.29. The van der Waals surface area contributed by atoms with Crippen molar-refractivity contribution in [3.8, 4) is 12.3 Å². The Balaban J connectivity index is 2.03. The van der Waals surface area contributed by atoms with E-state index in [1.165, 1.54) is 30.5 Å². The molecule has 0 fully saturated rings. The Kier molecular flexibility index (Phi) is 6.09. The summed E-state index contributed by atoms with van der Waals surface area (Å²) in [5, 5.41) is 5.20. The van der Waals surface area contributed by atoms with Crippen LogP contribution in [0.4, 0.5) is 18.9 Å². The van der Waals surface area contributed by atoms with Gasteiger partial charge in [-0.3, -0.25) is 14.6 Å². The molecule has 0 bridgehead atoms. The van der Waals surface area contributed by atoms with Crippen molar-refractivity contribution in [1.82, 2.24) is 10.3 Å². The van der Waals surface area contributed by atoms with Gasteiger partial charge in [-0.25, -0.2) is 0 Å². The van der Waals surface area contributed by atoms with E-state index in [0.29, 0.717) is 11.3 Å². The minimum absolute atomic E-state index is 0.0654. The van der Waals surface area contributed by atoms with E-state index >= 15 is 0 Å². The van der Waals surface area contributed by atoms with Crippen LogP contribution in [0.3, 0.4) is 0 Å². The second-order valence-electron chi connectivity index (χ2n) is 6.57. The number of rotatable bonds is 5. The number of aromatic nitrogens is 1. The number of halogens is 3. The molecular weight excluding hydrogens is 371 g/mol. The Bertz CT molecular complexity index is 914. The SMILES string of the molecule is C#CC(C)(C)NC(=O)c1cc(NC(=O)Cc2ccc(C(F)(F)F)cc2)ccn1. The Hall–Kier alpha value is -3.34. The predicted octanol–water partition coefficient (Wildman–Crippen LogP) is 3.42. The zero-order chi connectivity index (χ0) is 20.9. The van der Waals surface area contributed by atoms with Gasteiger partial charge >= 0.3 is 6.18 Å². The van der Waals surface area contributed by atoms with Crippen molar-refractivity contribution in [2.75, 3.05) is 5.32 Å². The lowest BCUT2D eigenvalue weighted by Crippen LogP contribution is -2.42. The maximum absolute atomic E-state index is 12.6. The number of pyridine rings is 1. The topological polar surface area (TPSA) is 71.1 Å². The lowest BCUT2D eigenvalue weighted by atomic mass is 10.1. The van der Waals surface area contributed by atoms with Gasteiger partial charge in [-0.1, -0.05) is 18.1 Å². The minimum atomic E-state index is -4.43. The molecule has 2 N–H and O–H groups in total. The smallest absolute Gasteiger partial charge is 0.335 e. The number of nitrogens with one attached hydrogen (secondary N) is 2. The quantitative estimate of drug-likeness (QED) is 0.770. The fourth-order valence-corrected chi connectivity index (χ4v) is 2.22. The molecule has 2 rings (SSSR count). The monoisotopic (exact) mass is 389 g/mol. The molecule has 5 nitrogen and oxygen atoms in total. The third-order valence-corrected chi connectivity index (χ3v) is 3.71. The number of amides is 2. The van der Waals surface area contributed by atoms with E-state index in [1.54, 1.807) is 13.8 Å². The first kappa shape index (κ1) is 21.0. The summed E-state index contributed by atoms with van der Waals surface area (Å²) in [7, 11) is 0. The third kappa shape index (κ3) is 5.84. The van der Waals surface area contributed by atoms with Gasteiger partial charge in [-0.05, 0) is 43.7 Å². The van der Waals surface area contributed by atoms with E-state index in [1.807, 2.05) is 0 Å². The van der Waals surface area contributed by atoms with Crippen molar-refractivity contribution in [3.05, 3.63) is 59.4 Å². The number of alkyl halides is 3. The van der Waals surface area contributed by atoms with E-state index in [4.69, 9.17) is 6.42 Å². The van der Waals surface area contributed by atoms with Crippen LogP contribution >= 0.6 is 0 Å². The molecule has 0 aliphatic rings. The fourth-order valence-electron chi connectivity index (χ4n) is 2.22. The second kappa shape index (κ2) is 8.13. The molecule has 146 valence electrons. The van der Waals surface area contributed by atoms with E-state index in [9.17, 15) is 22.8 Å². The Morgan fingerprint density at radius 1 is 1.14 bits per heavy atom. The van der Waals surface area contributed by atoms with Crippen LogP contribution in [0.25, 0.3) is 0 Å². The summed E-state index contributed by atoms with van der Waals surface area (Å²) in [5.41, 5.74) is -0.823. The van der Waals surface area contributed by atoms with Crippen LogP contribution in [0.15, 0.2) is 42.6 Å². The van der Waals surface area contributed by atoms with Crippen molar-refractivity contribution in [1.29, 1.82) is 0 Å². The summed E-state index contributed by atoms with van der Waals surface area (Å²) in [6, 6.07) is 7.21. The number of benzene rings is 1. The molecule has 0 aliphatic carbocycles. The summed E-state index contributed by atoms with van der Waals surface area (Å²) in [4.78, 5) is 28.3. The zero-order valence-corrected chi connectivity index (χ0v) is 15.2. The number of nitrogens with zero attached hydrogens (tertiary/aromatic N) is 1. The molecule has 0 atom stereocenters. The molecule has 1 aromatic carbocycles. The fraction of sp³-hybridized carbons (Fsp3) is 0.250. The van der Waals surface area contributed by atoms with Gasteiger partial charge in [0, 0.05) is 11.9 Å². The number of anilines is 1. The standard InChI is InChI=1S/C20H18F3N3O2/c1-4-19(2,3)26-18(28)16-12-15(9-10-24-16)25-17(27)11-13-5-7-14(8-6-13)20(21,22)23/h1,5-10,12H,11H2,2-3H3,(H,26,28)(H,24,25,27). The first-order valence-electron chi connectivity index (χ1n) is 8.22. The molecule has 0 saturated carbocycles. The van der Waals surface area contributed by atoms with Gasteiger partial charge in [0.25, 0.3) is 5.91 Å². The van der Waals surface area contributed by atoms with Crippen molar-refractivity contribution in [2.45, 2.75) is 32.0 Å². The first-order chi connectivity index (χ1) is 13.0. The molecule has 0 saturated heterocycles. The van der Waals surface area contributed by atoms with Crippen LogP contribution in [0.1, 0.15) is 35.5 Å². The average Bonchev–Trinajstić information content (AvgIpc) is 2.61. The molecule has 0 radical (unpaired) electrons. The van der Waals surface area contributed by atoms with Gasteiger partial charge in [-0.15, -0.1) is 6.42 Å². The molecule has 2 amide bonds. The summed E-state index contributed by atoms with van der Waals surface area (Å²) >= 11 is 0. The summed E-state index contributed by atoms with van der Waals surface area (Å²) in [6.07, 6.45) is 2.14. The van der Waals surface area contributed by atoms with E-state index in [-0.39, 0.29) is 12.1 Å². The van der Waals surface area contributed by atoms with Crippen molar-refractivity contribution < 1.29 is 22.8 Å². The molecule has 0 unspecified atom stereocenters. The van der Waals surface area contributed by atoms with E-state index < -0.39 is 29.1 Å². The second-order valence-corrected chi connectivity index (χ2v) is 6.57. The number of carbonyl (C=O) groups is 2. The molecule has 2 aromatic rings. The Morgan fingerprint density at radius 3 is 2.36 bits per heavy atom. The van der Waals surface area contributed by atoms with Gasteiger partial charge in [0.05, 0.1) is 17.5 Å². The summed E-state index contributed by atoms with van der Waals surface area (Å²) in [6.45, 7) is 3.31. The molecule has 0 aliphatic heterocycles. The number of hydrogen-bond donors (Lipinski definition) is 2. The van der Waals surface area contributed by atoms with Crippen LogP contribution in [-0.2, 0) is 17.4 Å². The van der Waals surface area contributed by atoms with Crippen molar-refractivity contribution >= 4 is 17.5 Å². The highest BCUT2D eigenvalue weighted by molar-refractivity contribution is 5.96. The lowest BCUT2D eigenvalue weighted by Gasteiger charge is -2.19. The van der Waals surface area contributed by atoms with E-state index in [0.717, 1.165) is 12.1 Å². The number of terminal acetylenes is 1. The average molecular weight is 389 g/mol. The van der Waals surface area contributed by atoms with Crippen LogP contribution in [0.2, 0.25) is 0 Å². The first-order valence-corrected chi connectivity index (χ1v) is 8.22. The van der Waals surface area contributed by atoms with Gasteiger partial charge in [0.2, 0.25) is 5.91 Å². The number of hydrogen-bond acceptors (Lipinski definition) is 3.